The SMILES string of the molecule is CCB1OCC(C2OC(OCC(F)(F)C(F)(F)C(F)(F)C(F)(F)C(F)(F)C(F)(F)C(F)(F)C(F)(F)C(F)(F)C(F)F)C3OB(CC)OC23)O1. The highest BCUT2D eigenvalue weighted by Crippen LogP contribution is 2.65. The predicted molar refractivity (Wildman–Crippen MR) is 118 cm³/mol. The molecule has 286 valence electrons. The van der Waals surface area contributed by atoms with Crippen LogP contribution in [0.4, 0.5) is 87.8 Å². The molecule has 49 heavy (non-hydrogen) atoms. The molecule has 3 rings (SSSR count). The first-order chi connectivity index (χ1) is 21.9. The molecule has 0 aromatic rings. The Morgan fingerprint density at radius 3 is 1.43 bits per heavy atom. The average molecular weight is 770 g/mol. The summed E-state index contributed by atoms with van der Waals surface area (Å²) in [4.78, 5) is 0. The summed E-state index contributed by atoms with van der Waals surface area (Å²) in [5, 5.41) is 0. The summed E-state index contributed by atoms with van der Waals surface area (Å²) in [5.41, 5.74) is 0. The third kappa shape index (κ3) is 6.03. The Bertz CT molecular complexity index is 1180. The Kier molecular flexibility index (Phi) is 11.0. The Morgan fingerprint density at radius 1 is 0.571 bits per heavy atom. The first-order valence-electron chi connectivity index (χ1n) is 13.4. The molecule has 3 saturated heterocycles. The van der Waals surface area contributed by atoms with Crippen molar-refractivity contribution < 1.29 is 116 Å². The maximum atomic E-state index is 14.5. The van der Waals surface area contributed by atoms with Crippen LogP contribution < -0.4 is 0 Å². The van der Waals surface area contributed by atoms with Crippen molar-refractivity contribution in [2.24, 2.45) is 0 Å². The van der Waals surface area contributed by atoms with Crippen molar-refractivity contribution in [2.45, 2.75) is 117 Å². The monoisotopic (exact) mass is 770 g/mol. The minimum absolute atomic E-state index is 0.0190. The molecule has 0 radical (unpaired) electrons. The van der Waals surface area contributed by atoms with E-state index in [1.54, 1.807) is 6.92 Å². The highest BCUT2D eigenvalue weighted by molar-refractivity contribution is 6.45. The minimum Gasteiger partial charge on any atom is -0.408 e. The van der Waals surface area contributed by atoms with Crippen LogP contribution in [0.5, 0.6) is 0 Å². The predicted octanol–water partition coefficient (Wildman–Crippen LogP) is 6.93. The van der Waals surface area contributed by atoms with Crippen molar-refractivity contribution in [2.75, 3.05) is 13.2 Å². The highest BCUT2D eigenvalue weighted by atomic mass is 19.4. The van der Waals surface area contributed by atoms with Gasteiger partial charge in [-0.3, -0.25) is 0 Å². The second-order valence-electron chi connectivity index (χ2n) is 10.8. The summed E-state index contributed by atoms with van der Waals surface area (Å²) < 4.78 is 305. The molecular formula is C21H20B2F20O6. The molecule has 3 aliphatic heterocycles. The van der Waals surface area contributed by atoms with Gasteiger partial charge >= 0.3 is 74.0 Å². The number of ether oxygens (including phenoxy) is 2. The van der Waals surface area contributed by atoms with Crippen LogP contribution in [0.1, 0.15) is 13.8 Å². The van der Waals surface area contributed by atoms with Crippen molar-refractivity contribution >= 4 is 14.2 Å². The van der Waals surface area contributed by atoms with Crippen LogP contribution in [-0.2, 0) is 28.1 Å². The lowest BCUT2D eigenvalue weighted by Gasteiger charge is -2.44. The van der Waals surface area contributed by atoms with Gasteiger partial charge in [-0.1, -0.05) is 13.8 Å². The van der Waals surface area contributed by atoms with Gasteiger partial charge in [0.1, 0.15) is 24.9 Å². The number of hydrogen-bond donors (Lipinski definition) is 0. The molecule has 0 N–H and O–H groups in total. The standard InChI is InChI=1S/C21H20B2F20O6/c1-3-22-45-5-7(47-22)8-9-10(49-23(4-2)48-9)11(46-8)44-6-13(26,27)15(30,31)17(34,35)19(38,39)21(42,43)20(40,41)18(36,37)16(32,33)14(28,29)12(24)25/h7-12H,3-6H2,1-2H3. The van der Waals surface area contributed by atoms with Crippen LogP contribution in [0.2, 0.25) is 12.6 Å². The fourth-order valence-corrected chi connectivity index (χ4v) is 4.66. The lowest BCUT2D eigenvalue weighted by atomic mass is 9.86. The number of alkyl halides is 20. The van der Waals surface area contributed by atoms with Crippen LogP contribution in [-0.4, -0.2) is 118 Å². The van der Waals surface area contributed by atoms with Crippen molar-refractivity contribution in [1.82, 2.24) is 0 Å². The fourth-order valence-electron chi connectivity index (χ4n) is 4.66. The van der Waals surface area contributed by atoms with Gasteiger partial charge in [-0.2, -0.15) is 79.0 Å². The minimum atomic E-state index is -9.09. The molecule has 0 saturated carbocycles. The molecule has 5 unspecified atom stereocenters. The molecule has 3 heterocycles. The molecule has 3 fully saturated rings. The molecule has 28 heteroatoms. The van der Waals surface area contributed by atoms with E-state index in [2.05, 4.69) is 4.74 Å². The second-order valence-corrected chi connectivity index (χ2v) is 10.8. The first kappa shape index (κ1) is 41.9. The highest BCUT2D eigenvalue weighted by Gasteiger charge is 2.96. The number of fused-ring (bicyclic) bond motifs is 1. The van der Waals surface area contributed by atoms with Crippen LogP contribution in [0.15, 0.2) is 0 Å². The van der Waals surface area contributed by atoms with Crippen molar-refractivity contribution in [1.29, 1.82) is 0 Å². The zero-order chi connectivity index (χ0) is 38.2. The van der Waals surface area contributed by atoms with Crippen LogP contribution in [0.3, 0.4) is 0 Å². The van der Waals surface area contributed by atoms with Crippen LogP contribution >= 0.6 is 0 Å². The summed E-state index contributed by atoms with van der Waals surface area (Å²) in [7, 11) is -2.02. The molecular weight excluding hydrogens is 750 g/mol. The van der Waals surface area contributed by atoms with Gasteiger partial charge in [0.15, 0.2) is 6.29 Å². The Labute approximate surface area is 261 Å². The third-order valence-corrected chi connectivity index (χ3v) is 7.58. The van der Waals surface area contributed by atoms with Crippen LogP contribution in [0, 0.1) is 0 Å². The Balaban J connectivity index is 1.90. The number of hydrogen-bond acceptors (Lipinski definition) is 6. The third-order valence-electron chi connectivity index (χ3n) is 7.58. The van der Waals surface area contributed by atoms with E-state index in [1.807, 2.05) is 0 Å². The molecule has 6 nitrogen and oxygen atoms in total. The van der Waals surface area contributed by atoms with Crippen LogP contribution in [0.25, 0.3) is 0 Å². The summed E-state index contributed by atoms with van der Waals surface area (Å²) in [6.45, 7) is -0.483. The normalized spacial score (nSPS) is 27.1. The van der Waals surface area contributed by atoms with Gasteiger partial charge in [-0.25, -0.2) is 8.78 Å². The summed E-state index contributed by atoms with van der Waals surface area (Å²) in [6, 6.07) is 0. The van der Waals surface area contributed by atoms with E-state index in [0.29, 0.717) is 0 Å². The fraction of sp³-hybridized carbons (Fsp3) is 1.00. The molecule has 3 aliphatic rings. The largest absolute Gasteiger partial charge is 0.457 e. The van der Waals surface area contributed by atoms with E-state index in [0.717, 1.165) is 0 Å². The van der Waals surface area contributed by atoms with E-state index >= 15 is 0 Å². The van der Waals surface area contributed by atoms with E-state index < -0.39 is 111 Å². The zero-order valence-electron chi connectivity index (χ0n) is 24.0. The quantitative estimate of drug-likeness (QED) is 0.133. The van der Waals surface area contributed by atoms with E-state index in [-0.39, 0.29) is 19.2 Å². The van der Waals surface area contributed by atoms with E-state index in [4.69, 9.17) is 23.4 Å². The molecule has 0 bridgehead atoms. The first-order valence-corrected chi connectivity index (χ1v) is 13.4. The topological polar surface area (TPSA) is 55.4 Å². The van der Waals surface area contributed by atoms with Gasteiger partial charge in [-0.05, 0) is 12.6 Å². The maximum Gasteiger partial charge on any atom is 0.457 e. The molecule has 5 atom stereocenters. The van der Waals surface area contributed by atoms with Gasteiger partial charge in [0.25, 0.3) is 0 Å². The van der Waals surface area contributed by atoms with Gasteiger partial charge in [-0.15, -0.1) is 0 Å². The Hall–Kier alpha value is -1.51. The molecule has 0 aromatic carbocycles. The van der Waals surface area contributed by atoms with E-state index in [9.17, 15) is 87.8 Å². The molecule has 0 amide bonds. The summed E-state index contributed by atoms with van der Waals surface area (Å²) in [5.74, 6) is -75.9. The van der Waals surface area contributed by atoms with Crippen molar-refractivity contribution in [3.8, 4) is 0 Å². The van der Waals surface area contributed by atoms with Crippen molar-refractivity contribution in [3.63, 3.8) is 0 Å². The average Bonchev–Trinajstić information content (AvgIpc) is 3.70. The zero-order valence-corrected chi connectivity index (χ0v) is 24.0. The summed E-state index contributed by atoms with van der Waals surface area (Å²) in [6.07, 6.45) is -13.8. The molecule has 0 aliphatic carbocycles. The summed E-state index contributed by atoms with van der Waals surface area (Å²) >= 11 is 0. The molecule has 0 aromatic heterocycles. The van der Waals surface area contributed by atoms with Crippen molar-refractivity contribution in [3.05, 3.63) is 0 Å². The number of halogens is 20. The van der Waals surface area contributed by atoms with Gasteiger partial charge in [0.05, 0.1) is 12.7 Å². The number of rotatable bonds is 15. The Morgan fingerprint density at radius 2 is 1.00 bits per heavy atom. The van der Waals surface area contributed by atoms with E-state index in [1.165, 1.54) is 6.92 Å². The molecule has 0 spiro atoms. The maximum absolute atomic E-state index is 14.5. The van der Waals surface area contributed by atoms with Gasteiger partial charge in [0.2, 0.25) is 0 Å². The second kappa shape index (κ2) is 12.9. The van der Waals surface area contributed by atoms with Gasteiger partial charge in [0, 0.05) is 0 Å². The smallest absolute Gasteiger partial charge is 0.408 e. The van der Waals surface area contributed by atoms with Gasteiger partial charge < -0.3 is 28.1 Å². The lowest BCUT2D eigenvalue weighted by Crippen LogP contribution is -2.76. The lowest BCUT2D eigenvalue weighted by molar-refractivity contribution is -0.466.